The fourth-order valence-corrected chi connectivity index (χ4v) is 2.72. The highest BCUT2D eigenvalue weighted by molar-refractivity contribution is 7.98. The number of carbonyl (C=O) groups excluding carboxylic acids is 1. The first-order chi connectivity index (χ1) is 11.5. The second kappa shape index (κ2) is 8.63. The van der Waals surface area contributed by atoms with Crippen molar-refractivity contribution in [2.24, 2.45) is 0 Å². The molecule has 1 aromatic carbocycles. The van der Waals surface area contributed by atoms with Gasteiger partial charge in [-0.05, 0) is 43.7 Å². The van der Waals surface area contributed by atoms with Gasteiger partial charge in [0.15, 0.2) is 5.16 Å². The highest BCUT2D eigenvalue weighted by Crippen LogP contribution is 2.09. The number of halogens is 1. The Morgan fingerprint density at radius 3 is 2.62 bits per heavy atom. The first kappa shape index (κ1) is 18.2. The molecule has 0 saturated carbocycles. The SMILES string of the molecule is CSc1nc(C)c(CCC(=O)NCCc2ccc(F)cc2)c(=O)[nH]1. The second-order valence-electron chi connectivity index (χ2n) is 5.37. The van der Waals surface area contributed by atoms with E-state index in [0.29, 0.717) is 35.8 Å². The smallest absolute Gasteiger partial charge is 0.254 e. The van der Waals surface area contributed by atoms with Gasteiger partial charge in [0, 0.05) is 24.2 Å². The fraction of sp³-hybridized carbons (Fsp3) is 0.353. The summed E-state index contributed by atoms with van der Waals surface area (Å²) >= 11 is 1.37. The maximum Gasteiger partial charge on any atom is 0.254 e. The van der Waals surface area contributed by atoms with E-state index in [2.05, 4.69) is 15.3 Å². The van der Waals surface area contributed by atoms with Gasteiger partial charge in [0.1, 0.15) is 5.82 Å². The van der Waals surface area contributed by atoms with Crippen LogP contribution in [-0.2, 0) is 17.6 Å². The Kier molecular flexibility index (Phi) is 6.54. The van der Waals surface area contributed by atoms with Crippen LogP contribution in [0.3, 0.4) is 0 Å². The van der Waals surface area contributed by atoms with E-state index in [1.54, 1.807) is 19.1 Å². The topological polar surface area (TPSA) is 74.8 Å². The van der Waals surface area contributed by atoms with Crippen LogP contribution in [-0.4, -0.2) is 28.7 Å². The van der Waals surface area contributed by atoms with Gasteiger partial charge < -0.3 is 10.3 Å². The van der Waals surface area contributed by atoms with E-state index >= 15 is 0 Å². The minimum atomic E-state index is -0.274. The van der Waals surface area contributed by atoms with Crippen molar-refractivity contribution in [2.45, 2.75) is 31.3 Å². The quantitative estimate of drug-likeness (QED) is 0.594. The summed E-state index contributed by atoms with van der Waals surface area (Å²) in [5.41, 5.74) is 1.97. The normalized spacial score (nSPS) is 10.6. The Hall–Kier alpha value is -2.15. The molecule has 5 nitrogen and oxygen atoms in total. The number of aryl methyl sites for hydroxylation is 1. The number of nitrogens with one attached hydrogen (secondary N) is 2. The molecular formula is C17H20FN3O2S. The molecule has 1 amide bonds. The fourth-order valence-electron chi connectivity index (χ4n) is 2.30. The molecule has 128 valence electrons. The van der Waals surface area contributed by atoms with Crippen LogP contribution in [0.2, 0.25) is 0 Å². The van der Waals surface area contributed by atoms with Crippen molar-refractivity contribution in [1.29, 1.82) is 0 Å². The van der Waals surface area contributed by atoms with Crippen molar-refractivity contribution in [3.63, 3.8) is 0 Å². The molecule has 0 saturated heterocycles. The Balaban J connectivity index is 1.81. The summed E-state index contributed by atoms with van der Waals surface area (Å²) in [6, 6.07) is 6.20. The molecule has 0 unspecified atom stereocenters. The summed E-state index contributed by atoms with van der Waals surface area (Å²) < 4.78 is 12.8. The summed E-state index contributed by atoms with van der Waals surface area (Å²) in [5, 5.41) is 3.38. The van der Waals surface area contributed by atoms with Gasteiger partial charge in [0.05, 0.1) is 0 Å². The van der Waals surface area contributed by atoms with Gasteiger partial charge in [-0.25, -0.2) is 9.37 Å². The van der Waals surface area contributed by atoms with Gasteiger partial charge in [-0.3, -0.25) is 9.59 Å². The number of H-pyrrole nitrogens is 1. The van der Waals surface area contributed by atoms with Gasteiger partial charge >= 0.3 is 0 Å². The first-order valence-corrected chi connectivity index (χ1v) is 8.87. The molecule has 0 fully saturated rings. The molecule has 0 bridgehead atoms. The zero-order valence-electron chi connectivity index (χ0n) is 13.7. The molecule has 0 aliphatic carbocycles. The lowest BCUT2D eigenvalue weighted by Crippen LogP contribution is -2.27. The predicted molar refractivity (Wildman–Crippen MR) is 92.8 cm³/mol. The predicted octanol–water partition coefficient (Wildman–Crippen LogP) is 2.23. The van der Waals surface area contributed by atoms with E-state index in [4.69, 9.17) is 0 Å². The molecule has 24 heavy (non-hydrogen) atoms. The second-order valence-corrected chi connectivity index (χ2v) is 6.16. The van der Waals surface area contributed by atoms with E-state index in [0.717, 1.165) is 5.56 Å². The molecule has 1 aromatic heterocycles. The van der Waals surface area contributed by atoms with Crippen molar-refractivity contribution in [3.05, 3.63) is 57.3 Å². The summed E-state index contributed by atoms with van der Waals surface area (Å²) in [6.07, 6.45) is 3.06. The summed E-state index contributed by atoms with van der Waals surface area (Å²) in [6.45, 7) is 2.25. The van der Waals surface area contributed by atoms with E-state index in [1.165, 1.54) is 23.9 Å². The zero-order chi connectivity index (χ0) is 17.5. The number of amides is 1. The monoisotopic (exact) mass is 349 g/mol. The van der Waals surface area contributed by atoms with Crippen molar-refractivity contribution in [1.82, 2.24) is 15.3 Å². The molecule has 7 heteroatoms. The average molecular weight is 349 g/mol. The maximum absolute atomic E-state index is 12.8. The number of hydrogen-bond donors (Lipinski definition) is 2. The van der Waals surface area contributed by atoms with Gasteiger partial charge in [-0.2, -0.15) is 0 Å². The molecule has 0 spiro atoms. The van der Waals surface area contributed by atoms with E-state index in [1.807, 2.05) is 6.26 Å². The maximum atomic E-state index is 12.8. The molecule has 0 aliphatic rings. The molecular weight excluding hydrogens is 329 g/mol. The molecule has 2 rings (SSSR count). The lowest BCUT2D eigenvalue weighted by molar-refractivity contribution is -0.121. The first-order valence-electron chi connectivity index (χ1n) is 7.64. The summed E-state index contributed by atoms with van der Waals surface area (Å²) in [7, 11) is 0. The van der Waals surface area contributed by atoms with Gasteiger partial charge in [0.2, 0.25) is 5.91 Å². The molecule has 0 atom stereocenters. The zero-order valence-corrected chi connectivity index (χ0v) is 14.5. The van der Waals surface area contributed by atoms with Crippen LogP contribution in [0.25, 0.3) is 0 Å². The number of nitrogens with zero attached hydrogens (tertiary/aromatic N) is 1. The minimum absolute atomic E-state index is 0.121. The largest absolute Gasteiger partial charge is 0.356 e. The van der Waals surface area contributed by atoms with Crippen molar-refractivity contribution in [3.8, 4) is 0 Å². The third-order valence-electron chi connectivity index (χ3n) is 3.65. The Labute approximate surface area is 144 Å². The Morgan fingerprint density at radius 2 is 2.00 bits per heavy atom. The van der Waals surface area contributed by atoms with Crippen LogP contribution < -0.4 is 10.9 Å². The van der Waals surface area contributed by atoms with Gasteiger partial charge in [-0.15, -0.1) is 0 Å². The molecule has 1 heterocycles. The van der Waals surface area contributed by atoms with Crippen molar-refractivity contribution < 1.29 is 9.18 Å². The molecule has 0 radical (unpaired) electrons. The number of thioether (sulfide) groups is 1. The van der Waals surface area contributed by atoms with Gasteiger partial charge in [0.25, 0.3) is 5.56 Å². The lowest BCUT2D eigenvalue weighted by atomic mass is 10.1. The third kappa shape index (κ3) is 5.19. The van der Waals surface area contributed by atoms with Crippen molar-refractivity contribution in [2.75, 3.05) is 12.8 Å². The lowest BCUT2D eigenvalue weighted by Gasteiger charge is -2.07. The van der Waals surface area contributed by atoms with E-state index in [9.17, 15) is 14.0 Å². The number of aromatic nitrogens is 2. The van der Waals surface area contributed by atoms with Crippen LogP contribution in [0.5, 0.6) is 0 Å². The highest BCUT2D eigenvalue weighted by atomic mass is 32.2. The number of rotatable bonds is 7. The van der Waals surface area contributed by atoms with E-state index < -0.39 is 0 Å². The average Bonchev–Trinajstić information content (AvgIpc) is 2.55. The number of carbonyl (C=O) groups is 1. The Bertz CT molecular complexity index is 759. The molecule has 2 aromatic rings. The summed E-state index contributed by atoms with van der Waals surface area (Å²) in [4.78, 5) is 30.9. The molecule has 2 N–H and O–H groups in total. The Morgan fingerprint density at radius 1 is 1.29 bits per heavy atom. The summed E-state index contributed by atoms with van der Waals surface area (Å²) in [5.74, 6) is -0.394. The van der Waals surface area contributed by atoms with Crippen LogP contribution in [0.4, 0.5) is 4.39 Å². The minimum Gasteiger partial charge on any atom is -0.356 e. The van der Waals surface area contributed by atoms with Crippen LogP contribution in [0, 0.1) is 12.7 Å². The number of benzene rings is 1. The third-order valence-corrected chi connectivity index (χ3v) is 4.23. The van der Waals surface area contributed by atoms with Crippen LogP contribution >= 0.6 is 11.8 Å². The molecule has 0 aliphatic heterocycles. The van der Waals surface area contributed by atoms with Crippen molar-refractivity contribution >= 4 is 17.7 Å². The van der Waals surface area contributed by atoms with Crippen LogP contribution in [0.1, 0.15) is 23.2 Å². The van der Waals surface area contributed by atoms with E-state index in [-0.39, 0.29) is 23.7 Å². The number of aromatic amines is 1. The highest BCUT2D eigenvalue weighted by Gasteiger charge is 2.10. The number of hydrogen-bond acceptors (Lipinski definition) is 4. The standard InChI is InChI=1S/C17H20FN3O2S/c1-11-14(16(23)21-17(20-11)24-2)7-8-15(22)19-10-9-12-3-5-13(18)6-4-12/h3-6H,7-10H2,1-2H3,(H,19,22)(H,20,21,23). The van der Waals surface area contributed by atoms with Gasteiger partial charge in [-0.1, -0.05) is 23.9 Å². The van der Waals surface area contributed by atoms with Crippen LogP contribution in [0.15, 0.2) is 34.2 Å².